The van der Waals surface area contributed by atoms with E-state index in [-0.39, 0.29) is 11.5 Å². The van der Waals surface area contributed by atoms with Crippen LogP contribution in [0.4, 0.5) is 0 Å². The van der Waals surface area contributed by atoms with E-state index in [1.54, 1.807) is 13.0 Å². The van der Waals surface area contributed by atoms with Crippen molar-refractivity contribution in [1.82, 2.24) is 0 Å². The van der Waals surface area contributed by atoms with Crippen LogP contribution >= 0.6 is 0 Å². The lowest BCUT2D eigenvalue weighted by atomic mass is 10.4. The van der Waals surface area contributed by atoms with E-state index >= 15 is 0 Å². The molecule has 0 saturated heterocycles. The Hall–Kier alpha value is -2.10. The molecular formula is C7H12N4O3. The van der Waals surface area contributed by atoms with Gasteiger partial charge in [-0.05, 0) is 6.92 Å². The summed E-state index contributed by atoms with van der Waals surface area (Å²) in [6.07, 6.45) is 0. The third-order valence-electron chi connectivity index (χ3n) is 0.646. The lowest BCUT2D eigenvalue weighted by Gasteiger charge is -1.92. The first kappa shape index (κ1) is 14.4. The maximum atomic E-state index is 9.00. The normalized spacial score (nSPS) is 9.07. The summed E-state index contributed by atoms with van der Waals surface area (Å²) in [6, 6.07) is 1.61. The Bertz CT molecular complexity index is 263. The lowest BCUT2D eigenvalue weighted by Crippen LogP contribution is -2.21. The number of carboxylic acids is 1. The summed E-state index contributed by atoms with van der Waals surface area (Å²) in [4.78, 5) is 13.5. The van der Waals surface area contributed by atoms with Crippen molar-refractivity contribution in [2.45, 2.75) is 13.8 Å². The number of nitriles is 1. The second kappa shape index (κ2) is 8.99. The molecule has 0 spiro atoms. The number of hydrogen-bond donors (Lipinski definition) is 3. The molecule has 0 aliphatic heterocycles. The van der Waals surface area contributed by atoms with Gasteiger partial charge in [0, 0.05) is 6.92 Å². The second-order valence-corrected chi connectivity index (χ2v) is 1.90. The van der Waals surface area contributed by atoms with Crippen LogP contribution in [0.5, 0.6) is 0 Å². The number of aliphatic carboxylic acids is 1. The van der Waals surface area contributed by atoms with Crippen molar-refractivity contribution in [1.29, 1.82) is 10.7 Å². The van der Waals surface area contributed by atoms with Crippen LogP contribution in [-0.2, 0) is 9.63 Å². The number of oxime groups is 1. The van der Waals surface area contributed by atoms with Gasteiger partial charge < -0.3 is 15.7 Å². The largest absolute Gasteiger partial charge is 0.481 e. The first-order valence-electron chi connectivity index (χ1n) is 3.59. The van der Waals surface area contributed by atoms with Gasteiger partial charge in [-0.15, -0.1) is 0 Å². The highest BCUT2D eigenvalue weighted by Gasteiger charge is 1.99. The van der Waals surface area contributed by atoms with Gasteiger partial charge in [-0.25, -0.2) is 0 Å². The molecule has 0 aromatic carbocycles. The zero-order chi connectivity index (χ0) is 11.6. The van der Waals surface area contributed by atoms with Crippen LogP contribution in [0.3, 0.4) is 0 Å². The number of nitrogens with one attached hydrogen (secondary N) is 1. The van der Waals surface area contributed by atoms with Crippen molar-refractivity contribution in [2.24, 2.45) is 10.9 Å². The van der Waals surface area contributed by atoms with Gasteiger partial charge in [-0.1, -0.05) is 5.16 Å². The van der Waals surface area contributed by atoms with Crippen molar-refractivity contribution in [3.05, 3.63) is 0 Å². The molecular weight excluding hydrogens is 188 g/mol. The van der Waals surface area contributed by atoms with E-state index < -0.39 is 5.97 Å². The van der Waals surface area contributed by atoms with Crippen molar-refractivity contribution in [3.8, 4) is 6.07 Å². The molecule has 7 heteroatoms. The standard InChI is InChI=1S/C5H8N4O.C2H4O2/c1-2-10-9-4(3-6)5(7)8;1-2(3)4/h2H2,1H3,(H3,7,8);1H3,(H,3,4). The lowest BCUT2D eigenvalue weighted by molar-refractivity contribution is -0.134. The van der Waals surface area contributed by atoms with Gasteiger partial charge in [0.2, 0.25) is 5.71 Å². The molecule has 0 aliphatic rings. The highest BCUT2D eigenvalue weighted by Crippen LogP contribution is 1.78. The van der Waals surface area contributed by atoms with Crippen molar-refractivity contribution >= 4 is 17.5 Å². The molecule has 0 amide bonds. The van der Waals surface area contributed by atoms with E-state index in [9.17, 15) is 0 Å². The fraction of sp³-hybridized carbons (Fsp3) is 0.429. The Balaban J connectivity index is 0. The number of hydrogen-bond acceptors (Lipinski definition) is 5. The average molecular weight is 200 g/mol. The summed E-state index contributed by atoms with van der Waals surface area (Å²) in [5, 5.41) is 25.7. The molecule has 0 saturated carbocycles. The smallest absolute Gasteiger partial charge is 0.300 e. The number of rotatable bonds is 3. The van der Waals surface area contributed by atoms with E-state index in [1.807, 2.05) is 0 Å². The highest BCUT2D eigenvalue weighted by atomic mass is 16.6. The molecule has 0 bridgehead atoms. The zero-order valence-electron chi connectivity index (χ0n) is 7.94. The molecule has 0 heterocycles. The van der Waals surface area contributed by atoms with E-state index in [0.29, 0.717) is 6.61 Å². The third-order valence-corrected chi connectivity index (χ3v) is 0.646. The highest BCUT2D eigenvalue weighted by molar-refractivity contribution is 6.45. The number of nitrogens with zero attached hydrogens (tertiary/aromatic N) is 2. The van der Waals surface area contributed by atoms with Crippen molar-refractivity contribution in [2.75, 3.05) is 6.61 Å². The van der Waals surface area contributed by atoms with Gasteiger partial charge in [-0.3, -0.25) is 10.2 Å². The monoisotopic (exact) mass is 200 g/mol. The van der Waals surface area contributed by atoms with E-state index in [0.717, 1.165) is 6.92 Å². The summed E-state index contributed by atoms with van der Waals surface area (Å²) < 4.78 is 0. The van der Waals surface area contributed by atoms with E-state index in [4.69, 9.17) is 26.3 Å². The molecule has 0 fully saturated rings. The van der Waals surface area contributed by atoms with Gasteiger partial charge in [0.15, 0.2) is 5.84 Å². The van der Waals surface area contributed by atoms with E-state index in [1.165, 1.54) is 0 Å². The minimum Gasteiger partial charge on any atom is -0.481 e. The van der Waals surface area contributed by atoms with Crippen LogP contribution in [0, 0.1) is 16.7 Å². The fourth-order valence-electron chi connectivity index (χ4n) is 0.259. The Morgan fingerprint density at radius 2 is 2.21 bits per heavy atom. The summed E-state index contributed by atoms with van der Waals surface area (Å²) in [5.41, 5.74) is 4.75. The molecule has 7 nitrogen and oxygen atoms in total. The van der Waals surface area contributed by atoms with Crippen LogP contribution in [0.2, 0.25) is 0 Å². The van der Waals surface area contributed by atoms with Crippen LogP contribution in [0.1, 0.15) is 13.8 Å². The van der Waals surface area contributed by atoms with Gasteiger partial charge in [-0.2, -0.15) is 5.26 Å². The first-order chi connectivity index (χ1) is 6.45. The average Bonchev–Trinajstić information content (AvgIpc) is 2.04. The Morgan fingerprint density at radius 1 is 1.79 bits per heavy atom. The molecule has 0 aliphatic carbocycles. The van der Waals surface area contributed by atoms with Crippen LogP contribution in [0.15, 0.2) is 5.16 Å². The van der Waals surface area contributed by atoms with Gasteiger partial charge >= 0.3 is 0 Å². The number of carbonyl (C=O) groups is 1. The number of amidine groups is 1. The van der Waals surface area contributed by atoms with Crippen LogP contribution in [0.25, 0.3) is 0 Å². The molecule has 78 valence electrons. The predicted octanol–water partition coefficient (Wildman–Crippen LogP) is -0.0706. The van der Waals surface area contributed by atoms with Crippen LogP contribution < -0.4 is 5.73 Å². The Morgan fingerprint density at radius 3 is 2.43 bits per heavy atom. The molecule has 0 rings (SSSR count). The quantitative estimate of drug-likeness (QED) is 0.333. The molecule has 0 radical (unpaired) electrons. The van der Waals surface area contributed by atoms with Gasteiger partial charge in [0.1, 0.15) is 12.7 Å². The molecule has 0 aromatic rings. The number of nitrogens with two attached hydrogens (primary N) is 1. The van der Waals surface area contributed by atoms with Crippen molar-refractivity contribution < 1.29 is 14.7 Å². The first-order valence-corrected chi connectivity index (χ1v) is 3.59. The SMILES string of the molecule is CC(=O)O.CCON=C(C#N)C(=N)N. The Kier molecular flexibility index (Phi) is 9.27. The predicted molar refractivity (Wildman–Crippen MR) is 49.9 cm³/mol. The van der Waals surface area contributed by atoms with Crippen molar-refractivity contribution in [3.63, 3.8) is 0 Å². The maximum absolute atomic E-state index is 9.00. The Labute approximate surface area is 81.3 Å². The minimum absolute atomic E-state index is 0.193. The van der Waals surface area contributed by atoms with E-state index in [2.05, 4.69) is 9.99 Å². The molecule has 0 unspecified atom stereocenters. The molecule has 0 atom stereocenters. The summed E-state index contributed by atoms with van der Waals surface area (Å²) >= 11 is 0. The fourth-order valence-corrected chi connectivity index (χ4v) is 0.259. The summed E-state index contributed by atoms with van der Waals surface area (Å²) in [7, 11) is 0. The zero-order valence-corrected chi connectivity index (χ0v) is 7.94. The van der Waals surface area contributed by atoms with Crippen LogP contribution in [-0.4, -0.2) is 29.2 Å². The van der Waals surface area contributed by atoms with Gasteiger partial charge in [0.05, 0.1) is 0 Å². The molecule has 0 aromatic heterocycles. The summed E-state index contributed by atoms with van der Waals surface area (Å²) in [5.74, 6) is -1.21. The second-order valence-electron chi connectivity index (χ2n) is 1.90. The minimum atomic E-state index is -0.833. The maximum Gasteiger partial charge on any atom is 0.300 e. The van der Waals surface area contributed by atoms with Gasteiger partial charge in [0.25, 0.3) is 5.97 Å². The number of carboxylic acid groups (broad SMARTS) is 1. The topological polar surface area (TPSA) is 133 Å². The third kappa shape index (κ3) is 12.6. The molecule has 4 N–H and O–H groups in total. The summed E-state index contributed by atoms with van der Waals surface area (Å²) in [6.45, 7) is 3.16. The molecule has 14 heavy (non-hydrogen) atoms.